The Balaban J connectivity index is 0.000000153. The summed E-state index contributed by atoms with van der Waals surface area (Å²) in [4.78, 5) is 117. The number of rotatable bonds is 32. The number of carbonyl (C=O) groups excluding carboxylic acids is 6. The van der Waals surface area contributed by atoms with Gasteiger partial charge in [-0.05, 0) is 259 Å². The van der Waals surface area contributed by atoms with Gasteiger partial charge in [0, 0.05) is 197 Å². The molecule has 4 spiro atoms. The summed E-state index contributed by atoms with van der Waals surface area (Å²) >= 11 is 0. The quantitative estimate of drug-likeness (QED) is 0.0100. The van der Waals surface area contributed by atoms with Gasteiger partial charge in [-0.1, -0.05) is 117 Å². The van der Waals surface area contributed by atoms with Crippen molar-refractivity contribution < 1.29 is 82.1 Å². The molecular formula is C114H141N8O17Si3+. The van der Waals surface area contributed by atoms with Crippen molar-refractivity contribution in [1.29, 1.82) is 0 Å². The summed E-state index contributed by atoms with van der Waals surface area (Å²) in [5.41, 5.74) is 13.3. The van der Waals surface area contributed by atoms with E-state index in [0.717, 1.165) is 143 Å². The Morgan fingerprint density at radius 2 is 0.718 bits per heavy atom. The van der Waals surface area contributed by atoms with E-state index in [-0.39, 0.29) is 61.1 Å². The second-order valence-electron chi connectivity index (χ2n) is 38.3. The van der Waals surface area contributed by atoms with Crippen LogP contribution >= 0.6 is 0 Å². The average Bonchev–Trinajstić information content (AvgIpc) is 1.45. The van der Waals surface area contributed by atoms with Crippen molar-refractivity contribution in [2.75, 3.05) is 142 Å². The SMILES string of the molecule is CCN(CC)c1ccc2c(c1)[Si]1(CCCCC1)c1cc(N(CC)CC)ccc1C21OC(=O)c2cc(COC)c(C(=O)NCCN3C(=O)C=CC3=O)cc21.CCN(CC)c1ccc2c(c1)[Si]1(CCCCC1)c1cc(N(CC)CC)ccc1C21OC(=O)c2cc(COC)c(C(=O)O)cc21.COCc1cc2c(cc1C(=O)O)C(O)OC2=O.[CH2+]CN(CC)c1cccc([Si]2(c3cccc(N(CC)CC)c3)CCCCC2)c1. The third-order valence-corrected chi connectivity index (χ3v) is 47.3. The van der Waals surface area contributed by atoms with Gasteiger partial charge in [0.25, 0.3) is 17.7 Å². The molecule has 750 valence electrons. The number of esters is 3. The molecule has 142 heavy (non-hydrogen) atoms. The van der Waals surface area contributed by atoms with Gasteiger partial charge < -0.3 is 78.5 Å². The Hall–Kier alpha value is -12.2. The maximum atomic E-state index is 14.2. The molecule has 9 heterocycles. The zero-order valence-electron chi connectivity index (χ0n) is 85.3. The Morgan fingerprint density at radius 1 is 0.394 bits per heavy atom. The minimum atomic E-state index is -2.36. The summed E-state index contributed by atoms with van der Waals surface area (Å²) in [6.07, 6.45) is 12.3. The number of methoxy groups -OCH3 is 3. The van der Waals surface area contributed by atoms with Gasteiger partial charge in [-0.25, -0.2) is 24.0 Å². The van der Waals surface area contributed by atoms with E-state index in [0.29, 0.717) is 44.5 Å². The van der Waals surface area contributed by atoms with Crippen LogP contribution < -0.4 is 65.8 Å². The van der Waals surface area contributed by atoms with Gasteiger partial charge in [-0.2, -0.15) is 0 Å². The summed E-state index contributed by atoms with van der Waals surface area (Å²) in [5.74, 6) is -4.90. The second kappa shape index (κ2) is 44.8. The van der Waals surface area contributed by atoms with Gasteiger partial charge in [-0.3, -0.25) is 19.3 Å². The van der Waals surface area contributed by atoms with Crippen LogP contribution in [0.5, 0.6) is 0 Å². The number of benzene rings is 9. The lowest BCUT2D eigenvalue weighted by atomic mass is 9.78. The number of hydrogen-bond acceptors (Lipinski definition) is 21. The van der Waals surface area contributed by atoms with Crippen LogP contribution in [0.15, 0.2) is 170 Å². The highest BCUT2D eigenvalue weighted by atomic mass is 28.3. The summed E-state index contributed by atoms with van der Waals surface area (Å²) in [6.45, 7) is 39.8. The highest BCUT2D eigenvalue weighted by molar-refractivity contribution is 7.04. The van der Waals surface area contributed by atoms with Gasteiger partial charge in [-0.15, -0.1) is 0 Å². The van der Waals surface area contributed by atoms with Gasteiger partial charge in [0.05, 0.1) is 54.6 Å². The smallest absolute Gasteiger partial charge is 0.341 e. The maximum Gasteiger partial charge on any atom is 0.341 e. The van der Waals surface area contributed by atoms with Crippen molar-refractivity contribution in [2.24, 2.45) is 0 Å². The Labute approximate surface area is 839 Å². The van der Waals surface area contributed by atoms with Crippen molar-refractivity contribution in [1.82, 2.24) is 10.2 Å². The fraction of sp³-hybridized carbons (Fsp3) is 0.430. The first kappa shape index (κ1) is 104. The first-order valence-electron chi connectivity index (χ1n) is 51.4. The summed E-state index contributed by atoms with van der Waals surface area (Å²) in [6, 6.07) is 62.9. The molecule has 9 aromatic rings. The topological polar surface area (TPSA) is 287 Å². The number of carboxylic acids is 2. The Bertz CT molecular complexity index is 6030. The molecule has 9 aliphatic heterocycles. The molecule has 3 saturated heterocycles. The summed E-state index contributed by atoms with van der Waals surface area (Å²) in [7, 11) is -1.87. The van der Waals surface area contributed by atoms with Crippen LogP contribution in [0.4, 0.5) is 34.1 Å². The zero-order valence-corrected chi connectivity index (χ0v) is 88.3. The number of cyclic esters (lactones) is 1. The van der Waals surface area contributed by atoms with E-state index in [1.165, 1.54) is 150 Å². The minimum Gasteiger partial charge on any atom is -0.478 e. The normalized spacial score (nSPS) is 17.1. The van der Waals surface area contributed by atoms with Gasteiger partial charge in [0.1, 0.15) is 24.2 Å². The lowest BCUT2D eigenvalue weighted by Crippen LogP contribution is -2.67. The van der Waals surface area contributed by atoms with E-state index in [4.69, 9.17) is 28.8 Å². The number of anilines is 6. The van der Waals surface area contributed by atoms with Crippen molar-refractivity contribution >= 4 is 137 Å². The lowest BCUT2D eigenvalue weighted by molar-refractivity contribution is -0.136. The number of imide groups is 1. The molecular weight excluding hydrogens is 1840 g/mol. The standard InChI is InChI=1S/C42H50N4O6Si.C36H44N2O5Si.C25H37N2Si.C11H10O6/c1-6-44(7-2)29-13-15-33-36(24-29)53(21-11-10-12-22-53)37-25-30(45(8-3)9-4)14-16-34(37)42(33)35-26-31(28(27-51-5)23-32(35)41(50)52-42)40(49)43-19-20-46-38(47)17-18-39(46)48;1-6-37(7-2)25-13-15-29-32(20-25)44(17-11-10-12-18-44)33-21-26(38(8-3)9-4)14-16-30(33)36(29)31-22-27(34(39)40)24(23-42-5)19-28(31)35(41)43-36;1-5-26(6-2)22-14-12-16-24(20-22)28(18-10-9-11-19-28)25-17-13-15-23(21-25)27(7-3)8-4;1-16-4-5-2-7-8(3-6(5)9(12)13)11(15)17-10(7)14/h13-18,23-26H,6-12,19-22,27H2,1-5H3,(H,43,49);13-16,19-22H,6-12,17-18,23H2,1-5H3,(H,39,40);12-17,20-21H,1,5-11,18-19H2,2-4H3;2-3,11,15H,4H2,1H3,(H,12,13)/q;;+1;. The van der Waals surface area contributed by atoms with Crippen molar-refractivity contribution in [2.45, 2.75) is 208 Å². The predicted octanol–water partition coefficient (Wildman–Crippen LogP) is 16.1. The number of fused-ring (bicyclic) bond motifs is 17. The lowest BCUT2D eigenvalue weighted by Gasteiger charge is -2.48. The van der Waals surface area contributed by atoms with E-state index in [9.17, 15) is 48.6 Å². The number of nitrogens with one attached hydrogen (secondary N) is 1. The molecule has 3 fully saturated rings. The number of amides is 3. The van der Waals surface area contributed by atoms with E-state index in [2.05, 4.69) is 244 Å². The summed E-state index contributed by atoms with van der Waals surface area (Å²) < 4.78 is 33.7. The van der Waals surface area contributed by atoms with Crippen LogP contribution in [-0.2, 0) is 69.0 Å². The molecule has 0 saturated carbocycles. The number of carbonyl (C=O) groups is 8. The van der Waals surface area contributed by atoms with E-state index in [1.807, 2.05) is 6.07 Å². The van der Waals surface area contributed by atoms with Crippen molar-refractivity contribution in [3.63, 3.8) is 0 Å². The van der Waals surface area contributed by atoms with Gasteiger partial charge in [0.2, 0.25) is 6.29 Å². The Kier molecular flexibility index (Phi) is 32.9. The highest BCUT2D eigenvalue weighted by Crippen LogP contribution is 2.55. The molecule has 0 aliphatic carbocycles. The van der Waals surface area contributed by atoms with E-state index < -0.39 is 83.4 Å². The van der Waals surface area contributed by atoms with Crippen LogP contribution in [0.25, 0.3) is 0 Å². The molecule has 1 unspecified atom stereocenters. The summed E-state index contributed by atoms with van der Waals surface area (Å²) in [5, 5.41) is 40.2. The molecule has 9 aliphatic rings. The second-order valence-corrected chi connectivity index (χ2v) is 51.1. The van der Waals surface area contributed by atoms with E-state index in [1.54, 1.807) is 35.7 Å². The Morgan fingerprint density at radius 3 is 1.06 bits per heavy atom. The number of aliphatic hydroxyl groups is 1. The van der Waals surface area contributed by atoms with Gasteiger partial charge in [0.15, 0.2) is 17.7 Å². The number of aromatic carboxylic acids is 2. The third-order valence-electron chi connectivity index (χ3n) is 31.5. The monoisotopic (exact) mass is 1980 g/mol. The fourth-order valence-corrected chi connectivity index (χ4v) is 40.8. The van der Waals surface area contributed by atoms with Crippen LogP contribution in [0.1, 0.15) is 258 Å². The number of ether oxygens (including phenoxy) is 6. The first-order valence-corrected chi connectivity index (χ1v) is 58.6. The molecule has 18 rings (SSSR count). The molecule has 0 bridgehead atoms. The van der Waals surface area contributed by atoms with E-state index >= 15 is 0 Å². The number of nitrogens with zero attached hydrogens (tertiary/aromatic N) is 7. The largest absolute Gasteiger partial charge is 0.478 e. The maximum absolute atomic E-state index is 14.2. The van der Waals surface area contributed by atoms with Crippen molar-refractivity contribution in [3.05, 3.63) is 266 Å². The molecule has 3 amide bonds. The van der Waals surface area contributed by atoms with Crippen LogP contribution in [-0.4, -0.2) is 205 Å². The van der Waals surface area contributed by atoms with Gasteiger partial charge >= 0.3 is 29.8 Å². The molecule has 9 aromatic carbocycles. The fourth-order valence-electron chi connectivity index (χ4n) is 24.2. The predicted molar refractivity (Wildman–Crippen MR) is 570 cm³/mol. The number of hydrogen-bond donors (Lipinski definition) is 4. The van der Waals surface area contributed by atoms with Crippen LogP contribution in [0.2, 0.25) is 36.3 Å². The molecule has 4 N–H and O–H groups in total. The molecule has 0 radical (unpaired) electrons. The molecule has 28 heteroatoms. The average molecular weight is 1980 g/mol. The number of carboxylic acid groups (broad SMARTS) is 2. The third kappa shape index (κ3) is 19.1. The highest BCUT2D eigenvalue weighted by Gasteiger charge is 2.62. The van der Waals surface area contributed by atoms with Crippen LogP contribution in [0, 0.1) is 6.92 Å². The minimum absolute atomic E-state index is 0.0112. The molecule has 1 atom stereocenters. The first-order chi connectivity index (χ1) is 68.7. The van der Waals surface area contributed by atoms with Crippen molar-refractivity contribution in [3.8, 4) is 0 Å². The number of aliphatic hydroxyl groups excluding tert-OH is 1. The molecule has 25 nitrogen and oxygen atoms in total. The zero-order chi connectivity index (χ0) is 101. The van der Waals surface area contributed by atoms with Crippen LogP contribution in [0.3, 0.4) is 0 Å². The molecule has 0 aromatic heterocycles.